The number of hydrazine groups is 1. The normalized spacial score (nSPS) is 12.8. The van der Waals surface area contributed by atoms with E-state index in [2.05, 4.69) is 17.3 Å². The highest BCUT2D eigenvalue weighted by Gasteiger charge is 2.27. The third-order valence-electron chi connectivity index (χ3n) is 6.70. The monoisotopic (exact) mass is 510 g/mol. The maximum Gasteiger partial charge on any atom is 0.256 e. The molecule has 0 spiro atoms. The molecular formula is C28H39FN6O2. The smallest absolute Gasteiger partial charge is 0.256 e. The molecule has 2 amide bonds. The summed E-state index contributed by atoms with van der Waals surface area (Å²) in [6.45, 7) is 5.83. The molecule has 200 valence electrons. The van der Waals surface area contributed by atoms with Crippen LogP contribution in [0.2, 0.25) is 0 Å². The molecule has 2 heterocycles. The summed E-state index contributed by atoms with van der Waals surface area (Å²) in [6.07, 6.45) is 5.00. The standard InChI is InChI=1S/C27H35FN6O2.CH4/c1-5-6-7-10-29-26(35)17-33(25-13-22-14-31(3)30-24(22)11-19(25)2)18-27(36)32(4)34-15-20-8-9-23(28)12-21(20)16-34;/h8-9,11-14H,5-7,10,15-18H2,1-4H3,(H,29,35);1H4. The van der Waals surface area contributed by atoms with Crippen molar-refractivity contribution < 1.29 is 14.0 Å². The molecule has 1 aliphatic heterocycles. The van der Waals surface area contributed by atoms with Gasteiger partial charge in [0.15, 0.2) is 0 Å². The van der Waals surface area contributed by atoms with Gasteiger partial charge in [0.25, 0.3) is 5.91 Å². The average molecular weight is 511 g/mol. The fraction of sp³-hybridized carbons (Fsp3) is 0.464. The molecule has 3 aromatic rings. The summed E-state index contributed by atoms with van der Waals surface area (Å²) in [6, 6.07) is 8.71. The number of anilines is 1. The van der Waals surface area contributed by atoms with Gasteiger partial charge in [0.2, 0.25) is 5.91 Å². The van der Waals surface area contributed by atoms with E-state index in [-0.39, 0.29) is 38.1 Å². The molecule has 0 fully saturated rings. The van der Waals surface area contributed by atoms with Crippen LogP contribution in [0, 0.1) is 12.7 Å². The summed E-state index contributed by atoms with van der Waals surface area (Å²) in [5.74, 6) is -0.536. The second-order valence-electron chi connectivity index (χ2n) is 9.57. The number of benzene rings is 2. The molecule has 4 rings (SSSR count). The maximum atomic E-state index is 13.7. The fourth-order valence-electron chi connectivity index (χ4n) is 4.67. The van der Waals surface area contributed by atoms with Crippen molar-refractivity contribution in [2.24, 2.45) is 7.05 Å². The molecule has 8 nitrogen and oxygen atoms in total. The number of halogens is 1. The van der Waals surface area contributed by atoms with E-state index in [0.29, 0.717) is 19.6 Å². The number of rotatable bonds is 10. The van der Waals surface area contributed by atoms with Crippen LogP contribution in [-0.2, 0) is 29.7 Å². The van der Waals surface area contributed by atoms with Crippen LogP contribution in [0.1, 0.15) is 50.3 Å². The zero-order chi connectivity index (χ0) is 25.8. The first-order valence-electron chi connectivity index (χ1n) is 12.5. The number of amides is 2. The predicted octanol–water partition coefficient (Wildman–Crippen LogP) is 4.16. The number of likely N-dealkylation sites (N-methyl/N-ethyl adjacent to an activating group) is 1. The Labute approximate surface area is 219 Å². The quantitative estimate of drug-likeness (QED) is 0.415. The molecule has 2 aromatic carbocycles. The lowest BCUT2D eigenvalue weighted by molar-refractivity contribution is -0.145. The van der Waals surface area contributed by atoms with Crippen molar-refractivity contribution in [3.05, 3.63) is 59.0 Å². The molecule has 0 unspecified atom stereocenters. The van der Waals surface area contributed by atoms with Crippen molar-refractivity contribution in [2.75, 3.05) is 31.6 Å². The number of nitrogens with one attached hydrogen (secondary N) is 1. The molecule has 0 saturated heterocycles. The highest BCUT2D eigenvalue weighted by atomic mass is 19.1. The van der Waals surface area contributed by atoms with E-state index in [1.165, 1.54) is 12.1 Å². The number of aryl methyl sites for hydroxylation is 2. The largest absolute Gasteiger partial charge is 0.355 e. The molecular weight excluding hydrogens is 471 g/mol. The lowest BCUT2D eigenvalue weighted by Crippen LogP contribution is -2.48. The summed E-state index contributed by atoms with van der Waals surface area (Å²) in [4.78, 5) is 28.1. The molecule has 37 heavy (non-hydrogen) atoms. The topological polar surface area (TPSA) is 73.7 Å². The minimum atomic E-state index is -0.276. The van der Waals surface area contributed by atoms with E-state index in [1.54, 1.807) is 22.8 Å². The first-order valence-corrected chi connectivity index (χ1v) is 12.5. The highest BCUT2D eigenvalue weighted by molar-refractivity contribution is 5.90. The Hall–Kier alpha value is -3.46. The van der Waals surface area contributed by atoms with Crippen LogP contribution in [0.4, 0.5) is 10.1 Å². The molecule has 1 aromatic heterocycles. The Kier molecular flexibility index (Phi) is 9.26. The van der Waals surface area contributed by atoms with Crippen LogP contribution in [-0.4, -0.2) is 58.3 Å². The van der Waals surface area contributed by atoms with Crippen LogP contribution < -0.4 is 10.2 Å². The highest BCUT2D eigenvalue weighted by Crippen LogP contribution is 2.27. The van der Waals surface area contributed by atoms with Gasteiger partial charge in [-0.3, -0.25) is 19.3 Å². The van der Waals surface area contributed by atoms with Crippen LogP contribution in [0.3, 0.4) is 0 Å². The number of fused-ring (bicyclic) bond motifs is 2. The number of nitrogens with zero attached hydrogens (tertiary/aromatic N) is 5. The fourth-order valence-corrected chi connectivity index (χ4v) is 4.67. The first-order chi connectivity index (χ1) is 17.2. The number of hydrogen-bond acceptors (Lipinski definition) is 5. The molecule has 0 radical (unpaired) electrons. The zero-order valence-electron chi connectivity index (χ0n) is 21.6. The van der Waals surface area contributed by atoms with Gasteiger partial charge in [-0.2, -0.15) is 5.10 Å². The number of carbonyl (C=O) groups excluding carboxylic acids is 2. The van der Waals surface area contributed by atoms with E-state index >= 15 is 0 Å². The van der Waals surface area contributed by atoms with Crippen LogP contribution in [0.15, 0.2) is 36.5 Å². The summed E-state index contributed by atoms with van der Waals surface area (Å²) in [7, 11) is 3.60. The van der Waals surface area contributed by atoms with E-state index in [4.69, 9.17) is 0 Å². The van der Waals surface area contributed by atoms with Gasteiger partial charge in [0.1, 0.15) is 5.82 Å². The summed E-state index contributed by atoms with van der Waals surface area (Å²) >= 11 is 0. The number of hydrogen-bond donors (Lipinski definition) is 1. The molecule has 1 N–H and O–H groups in total. The lowest BCUT2D eigenvalue weighted by Gasteiger charge is -2.32. The molecule has 0 aliphatic carbocycles. The van der Waals surface area contributed by atoms with Gasteiger partial charge >= 0.3 is 0 Å². The van der Waals surface area contributed by atoms with Gasteiger partial charge in [-0.25, -0.2) is 9.40 Å². The minimum absolute atomic E-state index is 0. The lowest BCUT2D eigenvalue weighted by atomic mass is 10.1. The Bertz CT molecular complexity index is 1260. The van der Waals surface area contributed by atoms with Gasteiger partial charge < -0.3 is 10.2 Å². The summed E-state index contributed by atoms with van der Waals surface area (Å²) in [5.41, 5.74) is 4.54. The van der Waals surface area contributed by atoms with Gasteiger partial charge in [0.05, 0.1) is 18.6 Å². The van der Waals surface area contributed by atoms with Crippen molar-refractivity contribution in [1.29, 1.82) is 0 Å². The number of aromatic nitrogens is 2. The van der Waals surface area contributed by atoms with Gasteiger partial charge in [0, 0.05) is 51.0 Å². The van der Waals surface area contributed by atoms with Gasteiger partial charge in [-0.15, -0.1) is 0 Å². The van der Waals surface area contributed by atoms with E-state index in [9.17, 15) is 14.0 Å². The van der Waals surface area contributed by atoms with Crippen molar-refractivity contribution in [2.45, 2.75) is 53.6 Å². The van der Waals surface area contributed by atoms with Gasteiger partial charge in [-0.05, 0) is 54.3 Å². The maximum absolute atomic E-state index is 13.7. The third kappa shape index (κ3) is 6.65. The third-order valence-corrected chi connectivity index (χ3v) is 6.70. The van der Waals surface area contributed by atoms with E-state index in [0.717, 1.165) is 52.5 Å². The first kappa shape index (κ1) is 28.1. The molecule has 1 aliphatic rings. The second-order valence-corrected chi connectivity index (χ2v) is 9.57. The van der Waals surface area contributed by atoms with Gasteiger partial charge in [-0.1, -0.05) is 33.3 Å². The average Bonchev–Trinajstić information content (AvgIpc) is 3.41. The summed E-state index contributed by atoms with van der Waals surface area (Å²) in [5, 5.41) is 11.9. The molecule has 0 bridgehead atoms. The van der Waals surface area contributed by atoms with Crippen LogP contribution >= 0.6 is 0 Å². The summed E-state index contributed by atoms with van der Waals surface area (Å²) < 4.78 is 15.4. The Morgan fingerprint density at radius 3 is 2.62 bits per heavy atom. The van der Waals surface area contributed by atoms with Crippen molar-refractivity contribution in [3.63, 3.8) is 0 Å². The number of carbonyl (C=O) groups is 2. The SMILES string of the molecule is C.CCCCCNC(=O)CN(CC(=O)N(C)N1Cc2ccc(F)cc2C1)c1cc2cn(C)nc2cc1C. The predicted molar refractivity (Wildman–Crippen MR) is 145 cm³/mol. The molecule has 0 atom stereocenters. The molecule has 9 heteroatoms. The van der Waals surface area contributed by atoms with E-state index in [1.807, 2.05) is 42.2 Å². The van der Waals surface area contributed by atoms with E-state index < -0.39 is 0 Å². The Morgan fingerprint density at radius 2 is 1.86 bits per heavy atom. The Morgan fingerprint density at radius 1 is 1.11 bits per heavy atom. The Balaban J connectivity index is 0.00000380. The molecule has 0 saturated carbocycles. The van der Waals surface area contributed by atoms with Crippen LogP contribution in [0.25, 0.3) is 10.9 Å². The zero-order valence-corrected chi connectivity index (χ0v) is 21.6. The minimum Gasteiger partial charge on any atom is -0.355 e. The second kappa shape index (κ2) is 12.2. The number of unbranched alkanes of at least 4 members (excludes halogenated alkanes) is 2. The van der Waals surface area contributed by atoms with Crippen LogP contribution in [0.5, 0.6) is 0 Å². The van der Waals surface area contributed by atoms with Crippen molar-refractivity contribution >= 4 is 28.4 Å². The van der Waals surface area contributed by atoms with Crippen molar-refractivity contribution in [1.82, 2.24) is 25.1 Å². The van der Waals surface area contributed by atoms with Crippen molar-refractivity contribution in [3.8, 4) is 0 Å².